The lowest BCUT2D eigenvalue weighted by Crippen LogP contribution is -2.48. The molecule has 1 N–H and O–H groups in total. The number of piperazine rings is 1. The van der Waals surface area contributed by atoms with Crippen molar-refractivity contribution in [2.24, 2.45) is 5.92 Å². The van der Waals surface area contributed by atoms with Gasteiger partial charge >= 0.3 is 0 Å². The Balaban J connectivity index is 1.39. The molecule has 33 heavy (non-hydrogen) atoms. The molecular weight excluding hydrogens is 442 g/mol. The zero-order chi connectivity index (χ0) is 23.4. The molecule has 0 bridgehead atoms. The van der Waals surface area contributed by atoms with E-state index in [0.29, 0.717) is 45.0 Å². The Morgan fingerprint density at radius 2 is 1.91 bits per heavy atom. The van der Waals surface area contributed by atoms with Crippen LogP contribution in [0.15, 0.2) is 53.6 Å². The van der Waals surface area contributed by atoms with E-state index in [0.717, 1.165) is 12.2 Å². The first kappa shape index (κ1) is 23.3. The third-order valence-corrected chi connectivity index (χ3v) is 8.08. The molecule has 1 unspecified atom stereocenters. The molecule has 2 saturated heterocycles. The summed E-state index contributed by atoms with van der Waals surface area (Å²) in [5, 5.41) is 2.80. The van der Waals surface area contributed by atoms with Crippen LogP contribution in [0.5, 0.6) is 0 Å². The number of carbonyl (C=O) groups excluding carboxylic acids is 2. The van der Waals surface area contributed by atoms with E-state index in [-0.39, 0.29) is 23.1 Å². The van der Waals surface area contributed by atoms with Crippen molar-refractivity contribution in [3.63, 3.8) is 0 Å². The Hall–Kier alpha value is -2.82. The number of amides is 2. The van der Waals surface area contributed by atoms with Gasteiger partial charge in [0.1, 0.15) is 0 Å². The SMILES string of the molecule is CCN1CCN(S(=O)(=O)c2cccc(NC(=O)C3CC(=O)N(Cc4ccccn4)C3)c2)CC1. The lowest BCUT2D eigenvalue weighted by atomic mass is 10.1. The maximum atomic E-state index is 13.1. The van der Waals surface area contributed by atoms with Crippen LogP contribution in [-0.4, -0.2) is 78.6 Å². The first-order valence-electron chi connectivity index (χ1n) is 11.2. The number of nitrogens with one attached hydrogen (secondary N) is 1. The van der Waals surface area contributed by atoms with Gasteiger partial charge in [-0.15, -0.1) is 0 Å². The minimum absolute atomic E-state index is 0.0941. The number of aromatic nitrogens is 1. The van der Waals surface area contributed by atoms with Gasteiger partial charge in [0.25, 0.3) is 0 Å². The third-order valence-electron chi connectivity index (χ3n) is 6.18. The molecule has 2 aliphatic heterocycles. The standard InChI is InChI=1S/C23H29N5O4S/c1-2-26-10-12-28(13-11-26)33(31,32)21-8-5-7-19(15-21)25-23(30)18-14-22(29)27(16-18)17-20-6-3-4-9-24-20/h3-9,15,18H,2,10-14,16-17H2,1H3,(H,25,30). The predicted octanol–water partition coefficient (Wildman–Crippen LogP) is 1.39. The smallest absolute Gasteiger partial charge is 0.243 e. The van der Waals surface area contributed by atoms with Crippen molar-refractivity contribution in [2.45, 2.75) is 24.8 Å². The van der Waals surface area contributed by atoms with Crippen LogP contribution in [-0.2, 0) is 26.2 Å². The van der Waals surface area contributed by atoms with Gasteiger partial charge in [0.05, 0.1) is 23.1 Å². The number of sulfonamides is 1. The number of likely N-dealkylation sites (tertiary alicyclic amines) is 1. The number of carbonyl (C=O) groups is 2. The van der Waals surface area contributed by atoms with E-state index in [4.69, 9.17) is 0 Å². The number of likely N-dealkylation sites (N-methyl/N-ethyl adjacent to an activating group) is 1. The number of hydrogen-bond donors (Lipinski definition) is 1. The van der Waals surface area contributed by atoms with E-state index in [1.54, 1.807) is 29.3 Å². The summed E-state index contributed by atoms with van der Waals surface area (Å²) in [6.45, 7) is 5.94. The first-order chi connectivity index (χ1) is 15.9. The molecule has 1 atom stereocenters. The molecule has 2 aromatic rings. The molecule has 0 radical (unpaired) electrons. The van der Waals surface area contributed by atoms with Crippen LogP contribution >= 0.6 is 0 Å². The van der Waals surface area contributed by atoms with Crippen LogP contribution in [0.25, 0.3) is 0 Å². The second kappa shape index (κ2) is 9.98. The molecular formula is C23H29N5O4S. The van der Waals surface area contributed by atoms with Gasteiger partial charge in [-0.1, -0.05) is 19.1 Å². The Morgan fingerprint density at radius 1 is 1.12 bits per heavy atom. The number of pyridine rings is 1. The molecule has 4 rings (SSSR count). The molecule has 0 saturated carbocycles. The molecule has 176 valence electrons. The summed E-state index contributed by atoms with van der Waals surface area (Å²) < 4.78 is 27.6. The highest BCUT2D eigenvalue weighted by molar-refractivity contribution is 7.89. The van der Waals surface area contributed by atoms with Crippen LogP contribution in [0.3, 0.4) is 0 Å². The van der Waals surface area contributed by atoms with Crippen LogP contribution < -0.4 is 5.32 Å². The van der Waals surface area contributed by atoms with Gasteiger partial charge in [0, 0.05) is 51.0 Å². The third kappa shape index (κ3) is 5.40. The minimum Gasteiger partial charge on any atom is -0.336 e. The number of rotatable bonds is 7. The highest BCUT2D eigenvalue weighted by Crippen LogP contribution is 2.24. The molecule has 9 nitrogen and oxygen atoms in total. The zero-order valence-electron chi connectivity index (χ0n) is 18.7. The zero-order valence-corrected chi connectivity index (χ0v) is 19.5. The fraction of sp³-hybridized carbons (Fsp3) is 0.435. The van der Waals surface area contributed by atoms with Crippen molar-refractivity contribution >= 4 is 27.5 Å². The number of nitrogens with zero attached hydrogens (tertiary/aromatic N) is 4. The maximum Gasteiger partial charge on any atom is 0.243 e. The van der Waals surface area contributed by atoms with E-state index in [9.17, 15) is 18.0 Å². The molecule has 2 fully saturated rings. The molecule has 10 heteroatoms. The number of hydrogen-bond acceptors (Lipinski definition) is 6. The Kier molecular flexibility index (Phi) is 7.06. The Bertz CT molecular complexity index is 1100. The Morgan fingerprint density at radius 3 is 2.61 bits per heavy atom. The lowest BCUT2D eigenvalue weighted by molar-refractivity contribution is -0.128. The molecule has 0 spiro atoms. The lowest BCUT2D eigenvalue weighted by Gasteiger charge is -2.33. The maximum absolute atomic E-state index is 13.1. The summed E-state index contributed by atoms with van der Waals surface area (Å²) in [7, 11) is -3.64. The van der Waals surface area contributed by atoms with Gasteiger partial charge in [0.15, 0.2) is 0 Å². The van der Waals surface area contributed by atoms with E-state index in [2.05, 4.69) is 22.1 Å². The molecule has 1 aromatic heterocycles. The summed E-state index contributed by atoms with van der Waals surface area (Å²) in [5.74, 6) is -0.884. The first-order valence-corrected chi connectivity index (χ1v) is 12.6. The van der Waals surface area contributed by atoms with Crippen LogP contribution in [0.1, 0.15) is 19.0 Å². The summed E-state index contributed by atoms with van der Waals surface area (Å²) >= 11 is 0. The molecule has 3 heterocycles. The summed E-state index contributed by atoms with van der Waals surface area (Å²) in [6, 6.07) is 11.8. The normalized spacial score (nSPS) is 20.2. The van der Waals surface area contributed by atoms with E-state index >= 15 is 0 Å². The van der Waals surface area contributed by atoms with Gasteiger partial charge in [0.2, 0.25) is 21.8 Å². The van der Waals surface area contributed by atoms with Gasteiger partial charge in [-0.25, -0.2) is 8.42 Å². The van der Waals surface area contributed by atoms with E-state index < -0.39 is 15.9 Å². The van der Waals surface area contributed by atoms with Gasteiger partial charge in [-0.2, -0.15) is 4.31 Å². The van der Waals surface area contributed by atoms with Crippen LogP contribution in [0, 0.1) is 5.92 Å². The minimum atomic E-state index is -3.64. The van der Waals surface area contributed by atoms with Crippen molar-refractivity contribution in [2.75, 3.05) is 44.6 Å². The second-order valence-electron chi connectivity index (χ2n) is 8.35. The molecule has 2 amide bonds. The van der Waals surface area contributed by atoms with Crippen molar-refractivity contribution in [1.29, 1.82) is 0 Å². The summed E-state index contributed by atoms with van der Waals surface area (Å²) in [4.78, 5) is 33.4. The predicted molar refractivity (Wildman–Crippen MR) is 124 cm³/mol. The van der Waals surface area contributed by atoms with Gasteiger partial charge in [-0.3, -0.25) is 14.6 Å². The highest BCUT2D eigenvalue weighted by Gasteiger charge is 2.35. The van der Waals surface area contributed by atoms with Crippen molar-refractivity contribution in [3.05, 3.63) is 54.4 Å². The number of anilines is 1. The van der Waals surface area contributed by atoms with Crippen LogP contribution in [0.2, 0.25) is 0 Å². The van der Waals surface area contributed by atoms with Crippen molar-refractivity contribution in [3.8, 4) is 0 Å². The van der Waals surface area contributed by atoms with E-state index in [1.165, 1.54) is 10.4 Å². The second-order valence-corrected chi connectivity index (χ2v) is 10.3. The molecule has 2 aliphatic rings. The topological polar surface area (TPSA) is 103 Å². The quantitative estimate of drug-likeness (QED) is 0.655. The van der Waals surface area contributed by atoms with Crippen molar-refractivity contribution < 1.29 is 18.0 Å². The summed E-state index contributed by atoms with van der Waals surface area (Å²) in [5.41, 5.74) is 1.17. The number of benzene rings is 1. The fourth-order valence-corrected chi connectivity index (χ4v) is 5.67. The molecule has 1 aromatic carbocycles. The molecule has 0 aliphatic carbocycles. The average Bonchev–Trinajstić information content (AvgIpc) is 3.20. The van der Waals surface area contributed by atoms with Crippen molar-refractivity contribution in [1.82, 2.24) is 19.1 Å². The largest absolute Gasteiger partial charge is 0.336 e. The average molecular weight is 472 g/mol. The van der Waals surface area contributed by atoms with Crippen LogP contribution in [0.4, 0.5) is 5.69 Å². The highest BCUT2D eigenvalue weighted by atomic mass is 32.2. The fourth-order valence-electron chi connectivity index (χ4n) is 4.20. The van der Waals surface area contributed by atoms with Gasteiger partial charge < -0.3 is 15.1 Å². The monoisotopic (exact) mass is 471 g/mol. The Labute approximate surface area is 194 Å². The van der Waals surface area contributed by atoms with E-state index in [1.807, 2.05) is 18.2 Å². The summed E-state index contributed by atoms with van der Waals surface area (Å²) in [6.07, 6.45) is 1.79. The van der Waals surface area contributed by atoms with Gasteiger partial charge in [-0.05, 0) is 36.9 Å².